The summed E-state index contributed by atoms with van der Waals surface area (Å²) in [6, 6.07) is 17.4. The number of benzene rings is 3. The molecule has 3 rings (SSSR count). The van der Waals surface area contributed by atoms with E-state index < -0.39 is 10.0 Å². The highest BCUT2D eigenvalue weighted by molar-refractivity contribution is 7.92. The number of carbonyl (C=O) groups is 1. The fourth-order valence-corrected chi connectivity index (χ4v) is 4.85. The molecule has 0 saturated carbocycles. The van der Waals surface area contributed by atoms with Gasteiger partial charge in [0.25, 0.3) is 15.9 Å². The van der Waals surface area contributed by atoms with Gasteiger partial charge in [0, 0.05) is 11.1 Å². The van der Waals surface area contributed by atoms with E-state index in [4.69, 9.17) is 4.74 Å². The molecule has 3 aromatic rings. The van der Waals surface area contributed by atoms with Crippen molar-refractivity contribution < 1.29 is 17.9 Å². The van der Waals surface area contributed by atoms with Crippen molar-refractivity contribution in [1.29, 1.82) is 0 Å². The quantitative estimate of drug-likeness (QED) is 0.533. The first-order valence-electron chi connectivity index (χ1n) is 10.3. The van der Waals surface area contributed by atoms with Gasteiger partial charge in [0.15, 0.2) is 0 Å². The summed E-state index contributed by atoms with van der Waals surface area (Å²) >= 11 is 0. The number of hydrogen-bond acceptors (Lipinski definition) is 4. The molecule has 2 N–H and O–H groups in total. The third-order valence-electron chi connectivity index (χ3n) is 5.33. The number of nitrogens with one attached hydrogen (secondary N) is 2. The molecule has 1 amide bonds. The Hall–Kier alpha value is -3.32. The van der Waals surface area contributed by atoms with E-state index in [1.807, 2.05) is 57.2 Å². The van der Waals surface area contributed by atoms with E-state index >= 15 is 0 Å². The largest absolute Gasteiger partial charge is 0.496 e. The lowest BCUT2D eigenvalue weighted by molar-refractivity contribution is 0.0939. The number of hydrogen-bond donors (Lipinski definition) is 2. The van der Waals surface area contributed by atoms with Gasteiger partial charge in [-0.3, -0.25) is 9.52 Å². The lowest BCUT2D eigenvalue weighted by atomic mass is 10.1. The maximum atomic E-state index is 13.1. The van der Waals surface area contributed by atoms with Crippen LogP contribution in [0, 0.1) is 20.8 Å². The Labute approximate surface area is 189 Å². The summed E-state index contributed by atoms with van der Waals surface area (Å²) < 4.78 is 34.3. The van der Waals surface area contributed by atoms with E-state index in [1.54, 1.807) is 32.2 Å². The molecule has 6 nitrogen and oxygen atoms in total. The second kappa shape index (κ2) is 9.44. The van der Waals surface area contributed by atoms with Crippen molar-refractivity contribution in [1.82, 2.24) is 5.32 Å². The number of methoxy groups -OCH3 is 1. The van der Waals surface area contributed by atoms with E-state index in [2.05, 4.69) is 10.0 Å². The number of anilines is 1. The molecule has 0 bridgehead atoms. The number of sulfonamides is 1. The smallest absolute Gasteiger partial charge is 0.262 e. The minimum Gasteiger partial charge on any atom is -0.496 e. The average Bonchev–Trinajstić information content (AvgIpc) is 2.76. The van der Waals surface area contributed by atoms with E-state index in [0.717, 1.165) is 16.7 Å². The van der Waals surface area contributed by atoms with Crippen molar-refractivity contribution >= 4 is 21.6 Å². The maximum absolute atomic E-state index is 13.1. The van der Waals surface area contributed by atoms with Gasteiger partial charge in [-0.1, -0.05) is 36.4 Å². The number of carbonyl (C=O) groups excluding carboxylic acids is 1. The first-order valence-corrected chi connectivity index (χ1v) is 11.7. The summed E-state index contributed by atoms with van der Waals surface area (Å²) in [5.74, 6) is 0.303. The SMILES string of the molecule is COc1ccccc1C(C)NC(=O)c1ccc(C)c(S(=O)(=O)Nc2cc(C)ccc2C)c1. The predicted octanol–water partition coefficient (Wildman–Crippen LogP) is 4.91. The first kappa shape index (κ1) is 23.3. The fraction of sp³-hybridized carbons (Fsp3) is 0.240. The van der Waals surface area contributed by atoms with Gasteiger partial charge in [-0.25, -0.2) is 8.42 Å². The summed E-state index contributed by atoms with van der Waals surface area (Å²) in [5, 5.41) is 2.92. The molecule has 0 spiro atoms. The Morgan fingerprint density at radius 2 is 1.62 bits per heavy atom. The molecule has 0 aliphatic carbocycles. The lowest BCUT2D eigenvalue weighted by Gasteiger charge is -2.18. The zero-order chi connectivity index (χ0) is 23.5. The Balaban J connectivity index is 1.87. The van der Waals surface area contributed by atoms with Gasteiger partial charge >= 0.3 is 0 Å². The van der Waals surface area contributed by atoms with Crippen molar-refractivity contribution in [2.75, 3.05) is 11.8 Å². The number of para-hydroxylation sites is 1. The van der Waals surface area contributed by atoms with Crippen LogP contribution in [-0.2, 0) is 10.0 Å². The Kier molecular flexibility index (Phi) is 6.89. The molecular weight excluding hydrogens is 424 g/mol. The standard InChI is InChI=1S/C25H28N2O4S/c1-16-10-11-17(2)22(14-16)27-32(29,30)24-15-20(13-12-18(24)3)25(28)26-19(4)21-8-6-7-9-23(21)31-5/h6-15,19,27H,1-5H3,(H,26,28). The van der Waals surface area contributed by atoms with Crippen molar-refractivity contribution in [2.45, 2.75) is 38.6 Å². The minimum atomic E-state index is -3.88. The van der Waals surface area contributed by atoms with E-state index in [-0.39, 0.29) is 22.4 Å². The Morgan fingerprint density at radius 1 is 0.938 bits per heavy atom. The number of aryl methyl sites for hydroxylation is 3. The lowest BCUT2D eigenvalue weighted by Crippen LogP contribution is -2.27. The van der Waals surface area contributed by atoms with Crippen LogP contribution in [0.1, 0.15) is 45.6 Å². The number of rotatable bonds is 7. The highest BCUT2D eigenvalue weighted by Gasteiger charge is 2.21. The molecule has 7 heteroatoms. The molecule has 0 radical (unpaired) electrons. The molecule has 0 saturated heterocycles. The van der Waals surface area contributed by atoms with Crippen LogP contribution in [0.4, 0.5) is 5.69 Å². The van der Waals surface area contributed by atoms with Crippen molar-refractivity contribution in [3.63, 3.8) is 0 Å². The topological polar surface area (TPSA) is 84.5 Å². The van der Waals surface area contributed by atoms with Crippen LogP contribution in [0.15, 0.2) is 65.6 Å². The van der Waals surface area contributed by atoms with Gasteiger partial charge < -0.3 is 10.1 Å². The summed E-state index contributed by atoms with van der Waals surface area (Å²) in [6.45, 7) is 7.30. The fourth-order valence-electron chi connectivity index (χ4n) is 3.46. The minimum absolute atomic E-state index is 0.0657. The normalized spacial score (nSPS) is 12.2. The van der Waals surface area contributed by atoms with Crippen LogP contribution >= 0.6 is 0 Å². The van der Waals surface area contributed by atoms with Gasteiger partial charge in [-0.2, -0.15) is 0 Å². The highest BCUT2D eigenvalue weighted by atomic mass is 32.2. The van der Waals surface area contributed by atoms with Gasteiger partial charge in [-0.05, 0) is 68.7 Å². The van der Waals surface area contributed by atoms with Gasteiger partial charge in [0.05, 0.1) is 23.7 Å². The Morgan fingerprint density at radius 3 is 2.34 bits per heavy atom. The van der Waals surface area contributed by atoms with Gasteiger partial charge in [0.1, 0.15) is 5.75 Å². The van der Waals surface area contributed by atoms with Crippen LogP contribution in [0.3, 0.4) is 0 Å². The molecular formula is C25H28N2O4S. The first-order chi connectivity index (χ1) is 15.1. The molecule has 168 valence electrons. The third kappa shape index (κ3) is 5.11. The molecule has 3 aromatic carbocycles. The second-order valence-corrected chi connectivity index (χ2v) is 9.49. The second-order valence-electron chi connectivity index (χ2n) is 7.84. The molecule has 0 aliphatic heterocycles. The van der Waals surface area contributed by atoms with E-state index in [1.165, 1.54) is 6.07 Å². The average molecular weight is 453 g/mol. The zero-order valence-electron chi connectivity index (χ0n) is 18.9. The predicted molar refractivity (Wildman–Crippen MR) is 127 cm³/mol. The molecule has 0 aromatic heterocycles. The van der Waals surface area contributed by atoms with Crippen molar-refractivity contribution in [3.05, 3.63) is 88.5 Å². The number of amides is 1. The number of ether oxygens (including phenoxy) is 1. The molecule has 0 fully saturated rings. The van der Waals surface area contributed by atoms with Crippen LogP contribution < -0.4 is 14.8 Å². The summed E-state index contributed by atoms with van der Waals surface area (Å²) in [4.78, 5) is 13.0. The van der Waals surface area contributed by atoms with E-state index in [9.17, 15) is 13.2 Å². The molecule has 1 unspecified atom stereocenters. The van der Waals surface area contributed by atoms with Crippen LogP contribution in [0.2, 0.25) is 0 Å². The monoisotopic (exact) mass is 452 g/mol. The van der Waals surface area contributed by atoms with Crippen LogP contribution in [-0.4, -0.2) is 21.4 Å². The summed E-state index contributed by atoms with van der Waals surface area (Å²) in [6.07, 6.45) is 0. The molecule has 1 atom stereocenters. The summed E-state index contributed by atoms with van der Waals surface area (Å²) in [5.41, 5.74) is 3.93. The van der Waals surface area contributed by atoms with Crippen molar-refractivity contribution in [2.24, 2.45) is 0 Å². The van der Waals surface area contributed by atoms with E-state index in [0.29, 0.717) is 17.0 Å². The molecule has 0 heterocycles. The highest BCUT2D eigenvalue weighted by Crippen LogP contribution is 2.26. The zero-order valence-corrected chi connectivity index (χ0v) is 19.7. The Bertz CT molecular complexity index is 1250. The third-order valence-corrected chi connectivity index (χ3v) is 6.84. The van der Waals surface area contributed by atoms with Crippen LogP contribution in [0.5, 0.6) is 5.75 Å². The van der Waals surface area contributed by atoms with Crippen LogP contribution in [0.25, 0.3) is 0 Å². The molecule has 0 aliphatic rings. The van der Waals surface area contributed by atoms with Gasteiger partial charge in [0.2, 0.25) is 0 Å². The van der Waals surface area contributed by atoms with Crippen molar-refractivity contribution in [3.8, 4) is 5.75 Å². The maximum Gasteiger partial charge on any atom is 0.262 e. The molecule has 32 heavy (non-hydrogen) atoms. The summed E-state index contributed by atoms with van der Waals surface area (Å²) in [7, 11) is -2.30. The van der Waals surface area contributed by atoms with Gasteiger partial charge in [-0.15, -0.1) is 0 Å².